The maximum absolute atomic E-state index is 14.0. The van der Waals surface area contributed by atoms with Crippen LogP contribution in [-0.4, -0.2) is 42.8 Å². The van der Waals surface area contributed by atoms with Gasteiger partial charge in [0.05, 0.1) is 11.3 Å². The van der Waals surface area contributed by atoms with Gasteiger partial charge < -0.3 is 14.5 Å². The zero-order valence-corrected chi connectivity index (χ0v) is 18.3. The molecule has 9 heteroatoms. The summed E-state index contributed by atoms with van der Waals surface area (Å²) >= 11 is 0.942. The number of amides is 1. The normalized spacial score (nSPS) is 15.2. The van der Waals surface area contributed by atoms with E-state index in [0.29, 0.717) is 4.90 Å². The molecule has 0 bridgehead atoms. The van der Waals surface area contributed by atoms with E-state index in [0.717, 1.165) is 11.8 Å². The van der Waals surface area contributed by atoms with Crippen molar-refractivity contribution in [3.05, 3.63) is 53.8 Å². The molecule has 1 aliphatic heterocycles. The number of anilines is 1. The summed E-state index contributed by atoms with van der Waals surface area (Å²) in [6.07, 6.45) is -5.04. The second-order valence-corrected chi connectivity index (χ2v) is 9.27. The molecular formula is C22H24F4N2O2S. The minimum atomic E-state index is -4.57. The summed E-state index contributed by atoms with van der Waals surface area (Å²) in [5, 5.41) is 0. The molecule has 1 saturated heterocycles. The predicted octanol–water partition coefficient (Wildman–Crippen LogP) is 6.05. The van der Waals surface area contributed by atoms with Gasteiger partial charge in [0, 0.05) is 36.0 Å². The lowest BCUT2D eigenvalue weighted by molar-refractivity contribution is -0.139. The molecule has 0 spiro atoms. The molecule has 1 fully saturated rings. The zero-order valence-electron chi connectivity index (χ0n) is 17.5. The Bertz CT molecular complexity index is 919. The number of ether oxygens (including phenoxy) is 1. The lowest BCUT2D eigenvalue weighted by atomic mass is 10.1. The van der Waals surface area contributed by atoms with Crippen molar-refractivity contribution in [2.45, 2.75) is 42.3 Å². The van der Waals surface area contributed by atoms with Crippen molar-refractivity contribution in [1.82, 2.24) is 4.90 Å². The van der Waals surface area contributed by atoms with Gasteiger partial charge in [0.1, 0.15) is 11.4 Å². The van der Waals surface area contributed by atoms with Gasteiger partial charge in [0.15, 0.2) is 0 Å². The Balaban J connectivity index is 1.82. The number of carbonyl (C=O) groups is 1. The zero-order chi connectivity index (χ0) is 22.8. The number of rotatable bonds is 3. The molecule has 0 aromatic heterocycles. The van der Waals surface area contributed by atoms with Gasteiger partial charge in [-0.2, -0.15) is 13.2 Å². The Hall–Kier alpha value is -2.42. The van der Waals surface area contributed by atoms with E-state index >= 15 is 0 Å². The van der Waals surface area contributed by atoms with Crippen LogP contribution in [0.1, 0.15) is 26.3 Å². The summed E-state index contributed by atoms with van der Waals surface area (Å²) < 4.78 is 60.6. The molecule has 0 unspecified atom stereocenters. The summed E-state index contributed by atoms with van der Waals surface area (Å²) in [6, 6.07) is 9.78. The Kier molecular flexibility index (Phi) is 6.73. The van der Waals surface area contributed by atoms with Gasteiger partial charge in [-0.25, -0.2) is 9.18 Å². The topological polar surface area (TPSA) is 32.8 Å². The highest BCUT2D eigenvalue weighted by Gasteiger charge is 2.38. The number of halogens is 4. The van der Waals surface area contributed by atoms with Crippen LogP contribution in [0.25, 0.3) is 0 Å². The molecule has 2 aromatic carbocycles. The third-order valence-electron chi connectivity index (χ3n) is 4.60. The first-order chi connectivity index (χ1) is 14.4. The summed E-state index contributed by atoms with van der Waals surface area (Å²) in [6.45, 7) is 6.34. The van der Waals surface area contributed by atoms with Crippen molar-refractivity contribution in [1.29, 1.82) is 0 Å². The van der Waals surface area contributed by atoms with Gasteiger partial charge in [0.25, 0.3) is 0 Å². The van der Waals surface area contributed by atoms with Crippen molar-refractivity contribution in [3.63, 3.8) is 0 Å². The molecule has 2 aromatic rings. The first kappa shape index (κ1) is 23.2. The van der Waals surface area contributed by atoms with Crippen LogP contribution >= 0.6 is 11.8 Å². The van der Waals surface area contributed by atoms with E-state index in [1.807, 2.05) is 0 Å². The van der Waals surface area contributed by atoms with Gasteiger partial charge in [0.2, 0.25) is 0 Å². The Labute approximate surface area is 183 Å². The minimum absolute atomic E-state index is 0.0474. The van der Waals surface area contributed by atoms with Crippen molar-refractivity contribution in [2.75, 3.05) is 31.1 Å². The maximum Gasteiger partial charge on any atom is 0.419 e. The van der Waals surface area contributed by atoms with Crippen LogP contribution in [0.2, 0.25) is 0 Å². The monoisotopic (exact) mass is 456 g/mol. The van der Waals surface area contributed by atoms with Crippen molar-refractivity contribution < 1.29 is 27.1 Å². The molecule has 0 N–H and O–H groups in total. The van der Waals surface area contributed by atoms with Crippen LogP contribution in [0, 0.1) is 5.82 Å². The number of nitrogens with zero attached hydrogens (tertiary/aromatic N) is 2. The molecule has 1 amide bonds. The molecule has 1 aliphatic rings. The average molecular weight is 457 g/mol. The highest BCUT2D eigenvalue weighted by atomic mass is 32.2. The van der Waals surface area contributed by atoms with E-state index in [1.54, 1.807) is 31.7 Å². The molecule has 0 saturated carbocycles. The van der Waals surface area contributed by atoms with Crippen LogP contribution < -0.4 is 4.90 Å². The second kappa shape index (κ2) is 8.98. The minimum Gasteiger partial charge on any atom is -0.444 e. The third kappa shape index (κ3) is 6.06. The molecule has 4 nitrogen and oxygen atoms in total. The van der Waals surface area contributed by atoms with Gasteiger partial charge >= 0.3 is 12.3 Å². The van der Waals surface area contributed by atoms with E-state index < -0.39 is 29.3 Å². The maximum atomic E-state index is 14.0. The van der Waals surface area contributed by atoms with Gasteiger partial charge in [-0.3, -0.25) is 0 Å². The highest BCUT2D eigenvalue weighted by molar-refractivity contribution is 7.99. The summed E-state index contributed by atoms with van der Waals surface area (Å²) in [4.78, 5) is 15.9. The third-order valence-corrected chi connectivity index (χ3v) is 5.67. The van der Waals surface area contributed by atoms with Crippen LogP contribution in [0.3, 0.4) is 0 Å². The summed E-state index contributed by atoms with van der Waals surface area (Å²) in [5.74, 6) is -0.447. The molecule has 0 radical (unpaired) electrons. The number of alkyl halides is 3. The van der Waals surface area contributed by atoms with Gasteiger partial charge in [-0.05, 0) is 57.2 Å². The van der Waals surface area contributed by atoms with Crippen LogP contribution in [0.15, 0.2) is 52.3 Å². The van der Waals surface area contributed by atoms with E-state index in [-0.39, 0.29) is 36.8 Å². The number of benzene rings is 2. The quantitative estimate of drug-likeness (QED) is 0.526. The predicted molar refractivity (Wildman–Crippen MR) is 112 cm³/mol. The van der Waals surface area contributed by atoms with E-state index in [4.69, 9.17) is 4.74 Å². The smallest absolute Gasteiger partial charge is 0.419 e. The first-order valence-electron chi connectivity index (χ1n) is 9.80. The number of carbonyl (C=O) groups excluding carboxylic acids is 1. The Morgan fingerprint density at radius 1 is 0.968 bits per heavy atom. The van der Waals surface area contributed by atoms with Crippen molar-refractivity contribution in [3.8, 4) is 0 Å². The average Bonchev–Trinajstić information content (AvgIpc) is 2.67. The molecule has 31 heavy (non-hydrogen) atoms. The van der Waals surface area contributed by atoms with Crippen molar-refractivity contribution in [2.24, 2.45) is 0 Å². The number of hydrogen-bond donors (Lipinski definition) is 0. The SMILES string of the molecule is CC(C)(C)OC(=O)N1CCN(c2cccc(Sc3ccc(F)cc3)c2C(F)(F)F)CC1. The molecule has 1 heterocycles. The lowest BCUT2D eigenvalue weighted by Crippen LogP contribution is -2.50. The fraction of sp³-hybridized carbons (Fsp3) is 0.409. The fourth-order valence-electron chi connectivity index (χ4n) is 3.24. The molecule has 3 rings (SSSR count). The number of hydrogen-bond acceptors (Lipinski definition) is 4. The highest BCUT2D eigenvalue weighted by Crippen LogP contribution is 2.44. The largest absolute Gasteiger partial charge is 0.444 e. The Morgan fingerprint density at radius 3 is 2.13 bits per heavy atom. The van der Waals surface area contributed by atoms with Crippen LogP contribution in [-0.2, 0) is 10.9 Å². The number of piperazine rings is 1. The van der Waals surface area contributed by atoms with E-state index in [2.05, 4.69) is 0 Å². The standard InChI is InChI=1S/C22H24F4N2O2S/c1-21(2,3)30-20(29)28-13-11-27(12-14-28)17-5-4-6-18(19(17)22(24,25)26)31-16-9-7-15(23)8-10-16/h4-10H,11-14H2,1-3H3. The molecule has 168 valence electrons. The van der Waals surface area contributed by atoms with Crippen LogP contribution in [0.4, 0.5) is 28.0 Å². The Morgan fingerprint density at radius 2 is 1.58 bits per heavy atom. The van der Waals surface area contributed by atoms with E-state index in [9.17, 15) is 22.4 Å². The lowest BCUT2D eigenvalue weighted by Gasteiger charge is -2.38. The first-order valence-corrected chi connectivity index (χ1v) is 10.6. The van der Waals surface area contributed by atoms with Crippen molar-refractivity contribution >= 4 is 23.5 Å². The summed E-state index contributed by atoms with van der Waals surface area (Å²) in [7, 11) is 0. The fourth-order valence-corrected chi connectivity index (χ4v) is 4.23. The van der Waals surface area contributed by atoms with Gasteiger partial charge in [-0.15, -0.1) is 0 Å². The van der Waals surface area contributed by atoms with Gasteiger partial charge in [-0.1, -0.05) is 17.8 Å². The summed E-state index contributed by atoms with van der Waals surface area (Å²) in [5.41, 5.74) is -1.29. The molecule has 0 atom stereocenters. The second-order valence-electron chi connectivity index (χ2n) is 8.16. The molecular weight excluding hydrogens is 432 g/mol. The molecule has 0 aliphatic carbocycles. The van der Waals surface area contributed by atoms with Crippen LogP contribution in [0.5, 0.6) is 0 Å². The van der Waals surface area contributed by atoms with E-state index in [1.165, 1.54) is 41.3 Å².